The number of thioether (sulfide) groups is 1. The molecule has 4 rings (SSSR count). The van der Waals surface area contributed by atoms with Crippen LogP contribution in [0, 0.1) is 20.8 Å². The molecule has 6 heteroatoms. The van der Waals surface area contributed by atoms with Gasteiger partial charge in [0.1, 0.15) is 0 Å². The highest BCUT2D eigenvalue weighted by Gasteiger charge is 2.24. The Morgan fingerprint density at radius 3 is 2.78 bits per heavy atom. The highest BCUT2D eigenvalue weighted by molar-refractivity contribution is 7.99. The standard InChI is InChI=1S/C21H26N4OS/c1-13-8-9-17-11-14(2)20-22-23-21(25(20)19(17)16(13)4)27-12-18(26)24-10-6-5-7-15(24)3/h8-9,11,15H,5-7,10,12H2,1-4H3/t15-/m0/s1. The van der Waals surface area contributed by atoms with Crippen molar-refractivity contribution >= 4 is 34.2 Å². The lowest BCUT2D eigenvalue weighted by molar-refractivity contribution is -0.131. The molecule has 1 atom stereocenters. The van der Waals surface area contributed by atoms with Crippen molar-refractivity contribution in [1.29, 1.82) is 0 Å². The lowest BCUT2D eigenvalue weighted by atomic mass is 10.0. The van der Waals surface area contributed by atoms with Gasteiger partial charge in [0.25, 0.3) is 0 Å². The van der Waals surface area contributed by atoms with Gasteiger partial charge in [0, 0.05) is 12.6 Å². The Morgan fingerprint density at radius 2 is 2.00 bits per heavy atom. The number of aromatic nitrogens is 3. The third kappa shape index (κ3) is 3.20. The molecule has 0 bridgehead atoms. The van der Waals surface area contributed by atoms with Crippen LogP contribution in [0.4, 0.5) is 0 Å². The van der Waals surface area contributed by atoms with Crippen LogP contribution in [0.15, 0.2) is 23.4 Å². The van der Waals surface area contributed by atoms with E-state index < -0.39 is 0 Å². The van der Waals surface area contributed by atoms with Crippen LogP contribution in [-0.4, -0.2) is 43.7 Å². The molecule has 0 N–H and O–H groups in total. The number of benzene rings is 1. The van der Waals surface area contributed by atoms with Gasteiger partial charge in [-0.05, 0) is 75.1 Å². The van der Waals surface area contributed by atoms with Gasteiger partial charge in [-0.25, -0.2) is 0 Å². The molecule has 5 nitrogen and oxygen atoms in total. The maximum absolute atomic E-state index is 12.7. The van der Waals surface area contributed by atoms with Crippen molar-refractivity contribution in [2.45, 2.75) is 58.2 Å². The molecule has 1 saturated heterocycles. The maximum atomic E-state index is 12.7. The van der Waals surface area contributed by atoms with Gasteiger partial charge in [0.15, 0.2) is 10.8 Å². The third-order valence-corrected chi connectivity index (χ3v) is 6.68. The smallest absolute Gasteiger partial charge is 0.233 e. The van der Waals surface area contributed by atoms with E-state index >= 15 is 0 Å². The van der Waals surface area contributed by atoms with Crippen LogP contribution in [0.1, 0.15) is 42.9 Å². The third-order valence-electron chi connectivity index (χ3n) is 5.76. The Balaban J connectivity index is 1.70. The molecule has 1 amide bonds. The second kappa shape index (κ2) is 7.15. The lowest BCUT2D eigenvalue weighted by Crippen LogP contribution is -2.42. The fourth-order valence-corrected chi connectivity index (χ4v) is 4.86. The summed E-state index contributed by atoms with van der Waals surface area (Å²) < 4.78 is 2.13. The SMILES string of the molecule is Cc1ccc2cc(C)c3nnc(SCC(=O)N4CCCC[C@@H]4C)n3c2c1C. The van der Waals surface area contributed by atoms with Crippen molar-refractivity contribution < 1.29 is 4.79 Å². The van der Waals surface area contributed by atoms with Crippen LogP contribution in [0.5, 0.6) is 0 Å². The van der Waals surface area contributed by atoms with Crippen LogP contribution < -0.4 is 0 Å². The number of hydrogen-bond acceptors (Lipinski definition) is 4. The van der Waals surface area contributed by atoms with Gasteiger partial charge >= 0.3 is 0 Å². The van der Waals surface area contributed by atoms with Crippen molar-refractivity contribution in [3.8, 4) is 0 Å². The summed E-state index contributed by atoms with van der Waals surface area (Å²) in [5, 5.41) is 10.8. The number of amides is 1. The molecule has 0 radical (unpaired) electrons. The van der Waals surface area contributed by atoms with Gasteiger partial charge in [0.2, 0.25) is 5.91 Å². The number of carbonyl (C=O) groups excluding carboxylic acids is 1. The lowest BCUT2D eigenvalue weighted by Gasteiger charge is -2.33. The molecule has 1 aliphatic rings. The van der Waals surface area contributed by atoms with Crippen molar-refractivity contribution in [3.05, 3.63) is 34.9 Å². The number of piperidine rings is 1. The van der Waals surface area contributed by atoms with E-state index in [2.05, 4.69) is 60.5 Å². The number of nitrogens with zero attached hydrogens (tertiary/aromatic N) is 4. The van der Waals surface area contributed by atoms with Gasteiger partial charge in [-0.15, -0.1) is 10.2 Å². The number of pyridine rings is 1. The Kier molecular flexibility index (Phi) is 4.84. The van der Waals surface area contributed by atoms with Crippen LogP contribution in [0.25, 0.3) is 16.6 Å². The van der Waals surface area contributed by atoms with E-state index in [-0.39, 0.29) is 5.91 Å². The summed E-state index contributed by atoms with van der Waals surface area (Å²) in [6.07, 6.45) is 3.43. The Bertz CT molecular complexity index is 1030. The van der Waals surface area contributed by atoms with E-state index in [0.29, 0.717) is 11.8 Å². The summed E-state index contributed by atoms with van der Waals surface area (Å²) in [5.74, 6) is 0.611. The first-order valence-electron chi connectivity index (χ1n) is 9.64. The molecule has 1 aromatic carbocycles. The van der Waals surface area contributed by atoms with E-state index in [1.807, 2.05) is 4.90 Å². The number of carbonyl (C=O) groups is 1. The van der Waals surface area contributed by atoms with E-state index in [9.17, 15) is 4.79 Å². The Labute approximate surface area is 164 Å². The minimum absolute atomic E-state index is 0.203. The maximum Gasteiger partial charge on any atom is 0.233 e. The van der Waals surface area contributed by atoms with Gasteiger partial charge < -0.3 is 4.90 Å². The second-order valence-corrected chi connectivity index (χ2v) is 8.58. The molecule has 142 valence electrons. The first-order valence-corrected chi connectivity index (χ1v) is 10.6. The quantitative estimate of drug-likeness (QED) is 0.634. The van der Waals surface area contributed by atoms with Gasteiger partial charge in [0.05, 0.1) is 11.3 Å². The van der Waals surface area contributed by atoms with Crippen LogP contribution in [0.2, 0.25) is 0 Å². The van der Waals surface area contributed by atoms with Crippen molar-refractivity contribution in [2.75, 3.05) is 12.3 Å². The highest BCUT2D eigenvalue weighted by Crippen LogP contribution is 2.29. The predicted molar refractivity (Wildman–Crippen MR) is 110 cm³/mol. The van der Waals surface area contributed by atoms with E-state index in [4.69, 9.17) is 0 Å². The monoisotopic (exact) mass is 382 g/mol. The summed E-state index contributed by atoms with van der Waals surface area (Å²) in [4.78, 5) is 14.8. The van der Waals surface area contributed by atoms with E-state index in [1.54, 1.807) is 0 Å². The van der Waals surface area contributed by atoms with Crippen LogP contribution in [0.3, 0.4) is 0 Å². The Hall–Kier alpha value is -2.08. The first-order chi connectivity index (χ1) is 13.0. The molecule has 3 aromatic rings. The summed E-state index contributed by atoms with van der Waals surface area (Å²) in [7, 11) is 0. The number of aryl methyl sites for hydroxylation is 3. The molecule has 1 fully saturated rings. The van der Waals surface area contributed by atoms with Gasteiger partial charge in [-0.2, -0.15) is 0 Å². The number of hydrogen-bond donors (Lipinski definition) is 0. The molecular weight excluding hydrogens is 356 g/mol. The zero-order valence-electron chi connectivity index (χ0n) is 16.5. The van der Waals surface area contributed by atoms with Crippen molar-refractivity contribution in [3.63, 3.8) is 0 Å². The molecule has 2 aromatic heterocycles. The molecule has 1 aliphatic heterocycles. The molecule has 27 heavy (non-hydrogen) atoms. The predicted octanol–water partition coefficient (Wildman–Crippen LogP) is 4.30. The van der Waals surface area contributed by atoms with Crippen LogP contribution >= 0.6 is 11.8 Å². The number of rotatable bonds is 3. The number of fused-ring (bicyclic) bond motifs is 3. The summed E-state index contributed by atoms with van der Waals surface area (Å²) in [6.45, 7) is 9.35. The molecule has 0 aliphatic carbocycles. The van der Waals surface area contributed by atoms with E-state index in [1.165, 1.54) is 34.7 Å². The first kappa shape index (κ1) is 18.3. The summed E-state index contributed by atoms with van der Waals surface area (Å²) in [5.41, 5.74) is 5.59. The largest absolute Gasteiger partial charge is 0.339 e. The summed E-state index contributed by atoms with van der Waals surface area (Å²) >= 11 is 1.50. The van der Waals surface area contributed by atoms with Crippen molar-refractivity contribution in [2.24, 2.45) is 0 Å². The zero-order valence-corrected chi connectivity index (χ0v) is 17.3. The molecule has 0 saturated carbocycles. The van der Waals surface area contributed by atoms with Crippen molar-refractivity contribution in [1.82, 2.24) is 19.5 Å². The topological polar surface area (TPSA) is 50.5 Å². The molecular formula is C21H26N4OS. The van der Waals surface area contributed by atoms with Crippen LogP contribution in [-0.2, 0) is 4.79 Å². The summed E-state index contributed by atoms with van der Waals surface area (Å²) in [6, 6.07) is 6.82. The normalized spacial score (nSPS) is 17.8. The second-order valence-electron chi connectivity index (χ2n) is 7.63. The average Bonchev–Trinajstić information content (AvgIpc) is 3.08. The zero-order chi connectivity index (χ0) is 19.1. The van der Waals surface area contributed by atoms with Gasteiger partial charge in [-0.1, -0.05) is 23.9 Å². The highest BCUT2D eigenvalue weighted by atomic mass is 32.2. The van der Waals surface area contributed by atoms with Gasteiger partial charge in [-0.3, -0.25) is 9.20 Å². The number of likely N-dealkylation sites (tertiary alicyclic amines) is 1. The minimum atomic E-state index is 0.203. The molecule has 0 spiro atoms. The minimum Gasteiger partial charge on any atom is -0.339 e. The fraction of sp³-hybridized carbons (Fsp3) is 0.476. The van der Waals surface area contributed by atoms with E-state index in [0.717, 1.165) is 41.3 Å². The molecule has 3 heterocycles. The Morgan fingerprint density at radius 1 is 1.19 bits per heavy atom. The fourth-order valence-electron chi connectivity index (χ4n) is 4.03. The average molecular weight is 383 g/mol. The molecule has 0 unspecified atom stereocenters.